The first kappa shape index (κ1) is 18.8. The molecule has 0 radical (unpaired) electrons. The Morgan fingerprint density at radius 1 is 1.07 bits per heavy atom. The van der Waals surface area contributed by atoms with Crippen LogP contribution in [0.5, 0.6) is 0 Å². The molecule has 0 aliphatic heterocycles. The fraction of sp³-hybridized carbons (Fsp3) is 0.278. The van der Waals surface area contributed by atoms with Gasteiger partial charge in [0.25, 0.3) is 0 Å². The standard InChI is InChI=1S/C18H17F3N4O2/c19-18(20,21)17(27,13-6-2-1-3-7-13)12-16(26)22-10-9-15-24-23-14-8-4-5-11-25(14)15/h1-8,11,27H,9-10,12H2,(H,22,26)/t17-/m1/s1. The summed E-state index contributed by atoms with van der Waals surface area (Å²) < 4.78 is 42.0. The van der Waals surface area contributed by atoms with Gasteiger partial charge in [-0.1, -0.05) is 36.4 Å². The van der Waals surface area contributed by atoms with Gasteiger partial charge in [0.2, 0.25) is 5.91 Å². The zero-order chi connectivity index (χ0) is 19.5. The number of carbonyl (C=O) groups is 1. The second-order valence-corrected chi connectivity index (χ2v) is 6.05. The van der Waals surface area contributed by atoms with Gasteiger partial charge in [-0.3, -0.25) is 9.20 Å². The van der Waals surface area contributed by atoms with Gasteiger partial charge >= 0.3 is 6.18 Å². The fourth-order valence-corrected chi connectivity index (χ4v) is 2.75. The zero-order valence-electron chi connectivity index (χ0n) is 14.1. The Hall–Kier alpha value is -2.94. The van der Waals surface area contributed by atoms with Crippen LogP contribution in [0.4, 0.5) is 13.2 Å². The summed E-state index contributed by atoms with van der Waals surface area (Å²) in [5, 5.41) is 20.6. The minimum absolute atomic E-state index is 0.0667. The lowest BCUT2D eigenvalue weighted by Crippen LogP contribution is -2.46. The molecule has 0 fully saturated rings. The lowest BCUT2D eigenvalue weighted by atomic mass is 9.89. The molecule has 6 nitrogen and oxygen atoms in total. The molecule has 0 saturated heterocycles. The molecule has 0 saturated carbocycles. The molecule has 0 aliphatic rings. The van der Waals surface area contributed by atoms with Crippen LogP contribution in [0, 0.1) is 0 Å². The largest absolute Gasteiger partial charge is 0.421 e. The number of alkyl halides is 3. The summed E-state index contributed by atoms with van der Waals surface area (Å²) in [5.41, 5.74) is -3.00. The highest BCUT2D eigenvalue weighted by Crippen LogP contribution is 2.41. The van der Waals surface area contributed by atoms with Gasteiger partial charge < -0.3 is 10.4 Å². The van der Waals surface area contributed by atoms with Gasteiger partial charge in [0.1, 0.15) is 5.82 Å². The van der Waals surface area contributed by atoms with Crippen LogP contribution in [-0.4, -0.2) is 38.3 Å². The van der Waals surface area contributed by atoms with Crippen molar-refractivity contribution in [2.75, 3.05) is 6.54 Å². The molecule has 2 heterocycles. The van der Waals surface area contributed by atoms with Gasteiger partial charge in [0, 0.05) is 19.2 Å². The Balaban J connectivity index is 1.65. The quantitative estimate of drug-likeness (QED) is 0.690. The Morgan fingerprint density at radius 3 is 2.48 bits per heavy atom. The summed E-state index contributed by atoms with van der Waals surface area (Å²) in [7, 11) is 0. The van der Waals surface area contributed by atoms with E-state index in [1.807, 2.05) is 0 Å². The third-order valence-corrected chi connectivity index (χ3v) is 4.19. The third-order valence-electron chi connectivity index (χ3n) is 4.19. The molecule has 0 bridgehead atoms. The molecule has 1 aromatic carbocycles. The Labute approximate surface area is 152 Å². The summed E-state index contributed by atoms with van der Waals surface area (Å²) in [6, 6.07) is 11.9. The maximum Gasteiger partial charge on any atom is 0.421 e. The molecular formula is C18H17F3N4O2. The Morgan fingerprint density at radius 2 is 1.78 bits per heavy atom. The van der Waals surface area contributed by atoms with Crippen molar-refractivity contribution in [3.8, 4) is 0 Å². The van der Waals surface area contributed by atoms with E-state index >= 15 is 0 Å². The van der Waals surface area contributed by atoms with Crippen LogP contribution in [0.2, 0.25) is 0 Å². The summed E-state index contributed by atoms with van der Waals surface area (Å²) in [5.74, 6) is -0.340. The number of nitrogens with one attached hydrogen (secondary N) is 1. The third kappa shape index (κ3) is 3.92. The van der Waals surface area contributed by atoms with Gasteiger partial charge in [-0.25, -0.2) is 0 Å². The predicted octanol–water partition coefficient (Wildman–Crippen LogP) is 2.23. The van der Waals surface area contributed by atoms with Gasteiger partial charge in [0.15, 0.2) is 11.2 Å². The number of aromatic nitrogens is 3. The average molecular weight is 378 g/mol. The van der Waals surface area contributed by atoms with Crippen molar-refractivity contribution in [2.45, 2.75) is 24.6 Å². The van der Waals surface area contributed by atoms with Crippen molar-refractivity contribution >= 4 is 11.6 Å². The van der Waals surface area contributed by atoms with Crippen LogP contribution in [-0.2, 0) is 16.8 Å². The number of nitrogens with zero attached hydrogens (tertiary/aromatic N) is 3. The first-order chi connectivity index (χ1) is 12.8. The molecule has 0 aliphatic carbocycles. The van der Waals surface area contributed by atoms with Crippen molar-refractivity contribution in [1.82, 2.24) is 19.9 Å². The van der Waals surface area contributed by atoms with Crippen molar-refractivity contribution in [3.05, 3.63) is 66.1 Å². The molecule has 2 aromatic heterocycles. The van der Waals surface area contributed by atoms with E-state index in [0.29, 0.717) is 11.5 Å². The molecule has 2 N–H and O–H groups in total. The molecule has 1 amide bonds. The number of halogens is 3. The summed E-state index contributed by atoms with van der Waals surface area (Å²) in [6.45, 7) is 0.0667. The normalized spacial score (nSPS) is 14.1. The van der Waals surface area contributed by atoms with Crippen LogP contribution in [0.15, 0.2) is 54.7 Å². The highest BCUT2D eigenvalue weighted by molar-refractivity contribution is 5.77. The minimum Gasteiger partial charge on any atom is -0.376 e. The lowest BCUT2D eigenvalue weighted by molar-refractivity contribution is -0.267. The minimum atomic E-state index is -4.99. The maximum atomic E-state index is 13.4. The van der Waals surface area contributed by atoms with E-state index in [1.54, 1.807) is 28.8 Å². The van der Waals surface area contributed by atoms with Crippen LogP contribution in [0.1, 0.15) is 17.8 Å². The number of hydrogen-bond donors (Lipinski definition) is 2. The topological polar surface area (TPSA) is 79.5 Å². The molecule has 3 aromatic rings. The summed E-state index contributed by atoms with van der Waals surface area (Å²) in [4.78, 5) is 12.1. The predicted molar refractivity (Wildman–Crippen MR) is 90.7 cm³/mol. The van der Waals surface area contributed by atoms with E-state index in [9.17, 15) is 23.1 Å². The van der Waals surface area contributed by atoms with Crippen LogP contribution >= 0.6 is 0 Å². The Kier molecular flexibility index (Phi) is 5.13. The van der Waals surface area contributed by atoms with Crippen molar-refractivity contribution < 1.29 is 23.1 Å². The molecule has 9 heteroatoms. The van der Waals surface area contributed by atoms with Gasteiger partial charge in [-0.2, -0.15) is 13.2 Å². The van der Waals surface area contributed by atoms with Crippen LogP contribution in [0.25, 0.3) is 5.65 Å². The fourth-order valence-electron chi connectivity index (χ4n) is 2.75. The zero-order valence-corrected chi connectivity index (χ0v) is 14.1. The van der Waals surface area contributed by atoms with Crippen LogP contribution in [0.3, 0.4) is 0 Å². The lowest BCUT2D eigenvalue weighted by Gasteiger charge is -2.30. The molecule has 3 rings (SSSR count). The van der Waals surface area contributed by atoms with Gasteiger partial charge in [-0.05, 0) is 17.7 Å². The first-order valence-corrected chi connectivity index (χ1v) is 8.21. The second kappa shape index (κ2) is 7.36. The summed E-state index contributed by atoms with van der Waals surface area (Å²) in [6.07, 6.45) is -4.08. The number of pyridine rings is 1. The van der Waals surface area contributed by atoms with Crippen molar-refractivity contribution in [3.63, 3.8) is 0 Å². The number of rotatable bonds is 6. The molecule has 27 heavy (non-hydrogen) atoms. The number of carbonyl (C=O) groups excluding carboxylic acids is 1. The molecular weight excluding hydrogens is 361 g/mol. The van der Waals surface area contributed by atoms with E-state index in [2.05, 4.69) is 15.5 Å². The van der Waals surface area contributed by atoms with Gasteiger partial charge in [0.05, 0.1) is 6.42 Å². The highest BCUT2D eigenvalue weighted by atomic mass is 19.4. The van der Waals surface area contributed by atoms with E-state index in [0.717, 1.165) is 12.1 Å². The molecule has 0 unspecified atom stereocenters. The van der Waals surface area contributed by atoms with E-state index < -0.39 is 24.1 Å². The van der Waals surface area contributed by atoms with Crippen LogP contribution < -0.4 is 5.32 Å². The number of amides is 1. The van der Waals surface area contributed by atoms with E-state index in [1.165, 1.54) is 18.2 Å². The highest BCUT2D eigenvalue weighted by Gasteiger charge is 2.55. The number of fused-ring (bicyclic) bond motifs is 1. The van der Waals surface area contributed by atoms with E-state index in [4.69, 9.17) is 0 Å². The SMILES string of the molecule is O=C(C[C@@](O)(c1ccccc1)C(F)(F)F)NCCc1nnc2ccccn12. The van der Waals surface area contributed by atoms with Gasteiger partial charge in [-0.15, -0.1) is 10.2 Å². The second-order valence-electron chi connectivity index (χ2n) is 6.05. The summed E-state index contributed by atoms with van der Waals surface area (Å²) >= 11 is 0. The first-order valence-electron chi connectivity index (χ1n) is 8.21. The molecule has 1 atom stereocenters. The van der Waals surface area contributed by atoms with E-state index in [-0.39, 0.29) is 18.5 Å². The monoisotopic (exact) mass is 378 g/mol. The molecule has 142 valence electrons. The molecule has 0 spiro atoms. The Bertz CT molecular complexity index is 927. The average Bonchev–Trinajstić information content (AvgIpc) is 3.05. The number of aliphatic hydroxyl groups is 1. The number of benzene rings is 1. The smallest absolute Gasteiger partial charge is 0.376 e. The van der Waals surface area contributed by atoms with Crippen molar-refractivity contribution in [2.24, 2.45) is 0 Å². The number of hydrogen-bond acceptors (Lipinski definition) is 4. The maximum absolute atomic E-state index is 13.4. The van der Waals surface area contributed by atoms with Crippen molar-refractivity contribution in [1.29, 1.82) is 0 Å².